The van der Waals surface area contributed by atoms with Gasteiger partial charge in [-0.25, -0.2) is 0 Å². The van der Waals surface area contributed by atoms with Crippen LogP contribution >= 0.6 is 11.6 Å². The second-order valence-electron chi connectivity index (χ2n) is 4.88. The van der Waals surface area contributed by atoms with Gasteiger partial charge in [0.25, 0.3) is 5.91 Å². The number of hydrogen-bond donors (Lipinski definition) is 1. The van der Waals surface area contributed by atoms with E-state index in [1.54, 1.807) is 0 Å². The molecule has 0 heterocycles. The van der Waals surface area contributed by atoms with Crippen LogP contribution in [-0.2, 0) is 4.79 Å². The maximum Gasteiger partial charge on any atom is 0.252 e. The van der Waals surface area contributed by atoms with Gasteiger partial charge in [0, 0.05) is 22.2 Å². The molecule has 2 aromatic carbocycles. The molecule has 0 radical (unpaired) electrons. The van der Waals surface area contributed by atoms with Crippen molar-refractivity contribution in [3.63, 3.8) is 0 Å². The van der Waals surface area contributed by atoms with E-state index in [9.17, 15) is 4.79 Å². The first-order valence-corrected chi connectivity index (χ1v) is 6.88. The third-order valence-electron chi connectivity index (χ3n) is 3.51. The summed E-state index contributed by atoms with van der Waals surface area (Å²) in [5.74, 6) is 0.0971. The van der Waals surface area contributed by atoms with E-state index in [0.29, 0.717) is 5.02 Å². The molecule has 1 aliphatic carbocycles. The smallest absolute Gasteiger partial charge is 0.252 e. The van der Waals surface area contributed by atoms with E-state index in [2.05, 4.69) is 5.32 Å². The number of allylic oxidation sites excluding steroid dienone is 1. The lowest BCUT2D eigenvalue weighted by molar-refractivity contribution is -0.112. The van der Waals surface area contributed by atoms with Gasteiger partial charge in [0.15, 0.2) is 0 Å². The average Bonchev–Trinajstić information content (AvgIpc) is 3.25. The fraction of sp³-hybridized carbons (Fsp3) is 0.118. The number of halogens is 1. The summed E-state index contributed by atoms with van der Waals surface area (Å²) in [6.45, 7) is 1.90. The minimum atomic E-state index is -0.0516. The molecule has 0 aliphatic heterocycles. The maximum absolute atomic E-state index is 12.2. The Morgan fingerprint density at radius 2 is 1.85 bits per heavy atom. The zero-order valence-electron chi connectivity index (χ0n) is 11.1. The minimum Gasteiger partial charge on any atom is -0.322 e. The Morgan fingerprint density at radius 1 is 1.10 bits per heavy atom. The molecule has 1 aliphatic rings. The van der Waals surface area contributed by atoms with Gasteiger partial charge in [-0.15, -0.1) is 0 Å². The molecule has 0 spiro atoms. The van der Waals surface area contributed by atoms with Crippen molar-refractivity contribution >= 4 is 23.2 Å². The van der Waals surface area contributed by atoms with Crippen molar-refractivity contribution in [1.29, 1.82) is 0 Å². The molecule has 0 aromatic heterocycles. The Kier molecular flexibility index (Phi) is 3.33. The summed E-state index contributed by atoms with van der Waals surface area (Å²) in [5.41, 5.74) is 3.62. The first-order chi connectivity index (χ1) is 9.66. The zero-order chi connectivity index (χ0) is 14.1. The summed E-state index contributed by atoms with van der Waals surface area (Å²) in [4.78, 5) is 12.2. The molecule has 0 fully saturated rings. The lowest BCUT2D eigenvalue weighted by atomic mass is 10.1. The Morgan fingerprint density at radius 3 is 2.60 bits per heavy atom. The Bertz CT molecular complexity index is 691. The van der Waals surface area contributed by atoms with Crippen LogP contribution in [0, 0.1) is 6.92 Å². The number of benzene rings is 2. The summed E-state index contributed by atoms with van der Waals surface area (Å²) in [6, 6.07) is 15.5. The third kappa shape index (κ3) is 2.47. The second-order valence-corrected chi connectivity index (χ2v) is 5.28. The van der Waals surface area contributed by atoms with E-state index < -0.39 is 0 Å². The molecule has 1 unspecified atom stereocenters. The normalized spacial score (nSPS) is 16.5. The van der Waals surface area contributed by atoms with Gasteiger partial charge >= 0.3 is 0 Å². The van der Waals surface area contributed by atoms with Gasteiger partial charge in [-0.1, -0.05) is 54.1 Å². The summed E-state index contributed by atoms with van der Waals surface area (Å²) in [6.07, 6.45) is 1.98. The van der Waals surface area contributed by atoms with E-state index >= 15 is 0 Å². The topological polar surface area (TPSA) is 29.1 Å². The predicted molar refractivity (Wildman–Crippen MR) is 82.1 cm³/mol. The number of carbonyl (C=O) groups excluding carboxylic acids is 1. The Hall–Kier alpha value is -2.06. The highest BCUT2D eigenvalue weighted by molar-refractivity contribution is 6.31. The van der Waals surface area contributed by atoms with Crippen molar-refractivity contribution in [1.82, 2.24) is 0 Å². The molecule has 0 bridgehead atoms. The Balaban J connectivity index is 1.70. The highest BCUT2D eigenvalue weighted by Crippen LogP contribution is 2.39. The van der Waals surface area contributed by atoms with E-state index in [-0.39, 0.29) is 11.8 Å². The van der Waals surface area contributed by atoms with E-state index in [4.69, 9.17) is 11.6 Å². The van der Waals surface area contributed by atoms with Gasteiger partial charge in [-0.05, 0) is 30.2 Å². The molecular weight excluding hydrogens is 270 g/mol. The van der Waals surface area contributed by atoms with Crippen molar-refractivity contribution < 1.29 is 4.79 Å². The average molecular weight is 284 g/mol. The highest BCUT2D eigenvalue weighted by Gasteiger charge is 2.32. The fourth-order valence-corrected chi connectivity index (χ4v) is 2.40. The Labute approximate surface area is 123 Å². The van der Waals surface area contributed by atoms with Gasteiger partial charge in [0.2, 0.25) is 0 Å². The molecule has 1 atom stereocenters. The summed E-state index contributed by atoms with van der Waals surface area (Å²) in [7, 11) is 0. The number of nitrogens with one attached hydrogen (secondary N) is 1. The number of amides is 1. The largest absolute Gasteiger partial charge is 0.322 e. The zero-order valence-corrected chi connectivity index (χ0v) is 11.8. The first-order valence-electron chi connectivity index (χ1n) is 6.50. The number of anilines is 1. The molecule has 0 saturated carbocycles. The summed E-state index contributed by atoms with van der Waals surface area (Å²) >= 11 is 6.05. The van der Waals surface area contributed by atoms with Crippen LogP contribution in [0.3, 0.4) is 0 Å². The number of hydrogen-bond acceptors (Lipinski definition) is 1. The van der Waals surface area contributed by atoms with Gasteiger partial charge in [0.05, 0.1) is 0 Å². The monoisotopic (exact) mass is 283 g/mol. The molecular formula is C17H14ClNO. The molecule has 2 nitrogen and oxygen atoms in total. The van der Waals surface area contributed by atoms with Crippen molar-refractivity contribution in [2.24, 2.45) is 0 Å². The summed E-state index contributed by atoms with van der Waals surface area (Å²) < 4.78 is 0. The second kappa shape index (κ2) is 5.14. The molecule has 1 amide bonds. The minimum absolute atomic E-state index is 0.0516. The van der Waals surface area contributed by atoms with Crippen LogP contribution in [0.25, 0.3) is 0 Å². The van der Waals surface area contributed by atoms with Crippen LogP contribution in [0.2, 0.25) is 5.02 Å². The molecule has 20 heavy (non-hydrogen) atoms. The standard InChI is InChI=1S/C17H14ClNO/c1-11-15(18)8-5-9-16(11)19-17(20)14-10-13(14)12-6-3-2-4-7-12/h2-10,13H,1H3,(H,19,20). The maximum atomic E-state index is 12.2. The lowest BCUT2D eigenvalue weighted by Crippen LogP contribution is -2.12. The molecule has 1 N–H and O–H groups in total. The molecule has 3 rings (SSSR count). The predicted octanol–water partition coefficient (Wildman–Crippen LogP) is 4.31. The van der Waals surface area contributed by atoms with Gasteiger partial charge in [-0.2, -0.15) is 0 Å². The third-order valence-corrected chi connectivity index (χ3v) is 3.92. The summed E-state index contributed by atoms with van der Waals surface area (Å²) in [5, 5.41) is 3.58. The molecule has 0 saturated heterocycles. The first kappa shape index (κ1) is 12.9. The van der Waals surface area contributed by atoms with Gasteiger partial charge < -0.3 is 5.32 Å². The SMILES string of the molecule is Cc1c(Cl)cccc1NC(=O)C1=CC1c1ccccc1. The van der Waals surface area contributed by atoms with E-state index in [1.807, 2.05) is 61.5 Å². The quantitative estimate of drug-likeness (QED) is 0.893. The van der Waals surface area contributed by atoms with Crippen LogP contribution in [0.5, 0.6) is 0 Å². The fourth-order valence-electron chi connectivity index (χ4n) is 2.22. The van der Waals surface area contributed by atoms with E-state index in [1.165, 1.54) is 0 Å². The van der Waals surface area contributed by atoms with Crippen LogP contribution in [0.1, 0.15) is 17.0 Å². The molecule has 2 aromatic rings. The van der Waals surface area contributed by atoms with Crippen LogP contribution in [0.4, 0.5) is 5.69 Å². The van der Waals surface area contributed by atoms with Crippen molar-refractivity contribution in [3.8, 4) is 0 Å². The van der Waals surface area contributed by atoms with Crippen molar-refractivity contribution in [2.75, 3.05) is 5.32 Å². The number of carbonyl (C=O) groups is 1. The van der Waals surface area contributed by atoms with Crippen molar-refractivity contribution in [3.05, 3.63) is 76.3 Å². The van der Waals surface area contributed by atoms with E-state index in [0.717, 1.165) is 22.4 Å². The van der Waals surface area contributed by atoms with Crippen LogP contribution in [-0.4, -0.2) is 5.91 Å². The van der Waals surface area contributed by atoms with Crippen LogP contribution < -0.4 is 5.32 Å². The molecule has 100 valence electrons. The van der Waals surface area contributed by atoms with Crippen molar-refractivity contribution in [2.45, 2.75) is 12.8 Å². The van der Waals surface area contributed by atoms with Gasteiger partial charge in [0.1, 0.15) is 0 Å². The van der Waals surface area contributed by atoms with Gasteiger partial charge in [-0.3, -0.25) is 4.79 Å². The van der Waals surface area contributed by atoms with Crippen LogP contribution in [0.15, 0.2) is 60.2 Å². The molecule has 3 heteroatoms. The number of rotatable bonds is 3. The lowest BCUT2D eigenvalue weighted by Gasteiger charge is -2.08. The highest BCUT2D eigenvalue weighted by atomic mass is 35.5.